The normalized spacial score (nSPS) is 28.5. The Kier molecular flexibility index (Phi) is 10.7. The number of amides is 2. The molecule has 9 rings (SSSR count). The van der Waals surface area contributed by atoms with Crippen LogP contribution in [0.2, 0.25) is 5.02 Å². The number of benzene rings is 3. The lowest BCUT2D eigenvalue weighted by Gasteiger charge is -2.63. The lowest BCUT2D eigenvalue weighted by molar-refractivity contribution is -0.175. The minimum Gasteiger partial charge on any atom is -0.489 e. The maximum absolute atomic E-state index is 13.6. The number of nitrogens with one attached hydrogen (secondary N) is 4. The van der Waals surface area contributed by atoms with Gasteiger partial charge in [0.15, 0.2) is 0 Å². The van der Waals surface area contributed by atoms with Gasteiger partial charge in [-0.25, -0.2) is 0 Å². The predicted octanol–water partition coefficient (Wildman–Crippen LogP) is 5.24. The summed E-state index contributed by atoms with van der Waals surface area (Å²) in [7, 11) is 1.79. The van der Waals surface area contributed by atoms with Crippen LogP contribution in [0.1, 0.15) is 64.7 Å². The second kappa shape index (κ2) is 15.5. The molecule has 2 atom stereocenters. The number of likely N-dealkylation sites (N-methyl/N-ethyl adjacent to an activating group) is 1. The van der Waals surface area contributed by atoms with E-state index in [4.69, 9.17) is 21.1 Å². The third-order valence-corrected chi connectivity index (χ3v) is 14.7. The molecule has 6 aliphatic rings. The first-order chi connectivity index (χ1) is 29.4. The topological polar surface area (TPSA) is 154 Å². The first kappa shape index (κ1) is 42.6. The van der Waals surface area contributed by atoms with Crippen LogP contribution in [0.15, 0.2) is 66.9 Å². The van der Waals surface area contributed by atoms with Gasteiger partial charge in [0, 0.05) is 98.0 Å². The third-order valence-electron chi connectivity index (χ3n) is 14.4. The quantitative estimate of drug-likeness (QED) is 0.182. The number of carbonyl (C=O) groups is 2. The Hall–Kier alpha value is -4.68. The van der Waals surface area contributed by atoms with E-state index in [0.717, 1.165) is 67.3 Å². The van der Waals surface area contributed by atoms with E-state index >= 15 is 0 Å². The van der Waals surface area contributed by atoms with Crippen molar-refractivity contribution in [2.24, 2.45) is 28.1 Å². The van der Waals surface area contributed by atoms with Gasteiger partial charge in [0.1, 0.15) is 35.7 Å². The Morgan fingerprint density at radius 2 is 1.63 bits per heavy atom. The van der Waals surface area contributed by atoms with Gasteiger partial charge in [-0.15, -0.1) is 0 Å². The Labute approximate surface area is 369 Å². The lowest BCUT2D eigenvalue weighted by Crippen LogP contribution is -2.78. The highest BCUT2D eigenvalue weighted by Crippen LogP contribution is 2.56. The van der Waals surface area contributed by atoms with E-state index in [1.807, 2.05) is 36.5 Å². The number of likely N-dealkylation sites (tertiary alicyclic amines) is 1. The zero-order chi connectivity index (χ0) is 43.9. The second-order valence-corrected chi connectivity index (χ2v) is 20.6. The van der Waals surface area contributed by atoms with Crippen molar-refractivity contribution in [2.75, 3.05) is 57.8 Å². The molecule has 1 spiro atoms. The number of nitriles is 1. The minimum atomic E-state index is -1.03. The van der Waals surface area contributed by atoms with Gasteiger partial charge in [0.2, 0.25) is 11.8 Å². The van der Waals surface area contributed by atoms with Gasteiger partial charge in [0.25, 0.3) is 0 Å². The average molecular weight is 864 g/mol. The summed E-state index contributed by atoms with van der Waals surface area (Å²) in [5, 5.41) is 34.4. The van der Waals surface area contributed by atoms with Crippen molar-refractivity contribution in [1.29, 1.82) is 5.26 Å². The maximum atomic E-state index is 13.6. The molecule has 62 heavy (non-hydrogen) atoms. The fourth-order valence-electron chi connectivity index (χ4n) is 11.3. The van der Waals surface area contributed by atoms with Crippen molar-refractivity contribution in [3.63, 3.8) is 0 Å². The summed E-state index contributed by atoms with van der Waals surface area (Å²) in [5.74, 6) is 1.99. The minimum absolute atomic E-state index is 0.0345. The first-order valence-corrected chi connectivity index (χ1v) is 22.2. The van der Waals surface area contributed by atoms with Crippen molar-refractivity contribution < 1.29 is 24.2 Å². The molecule has 5 N–H and O–H groups in total. The van der Waals surface area contributed by atoms with E-state index in [1.54, 1.807) is 44.0 Å². The van der Waals surface area contributed by atoms with E-state index in [2.05, 4.69) is 77.0 Å². The lowest BCUT2D eigenvalue weighted by atomic mass is 9.49. The molecule has 0 radical (unpaired) electrons. The molecule has 2 unspecified atom stereocenters. The highest BCUT2D eigenvalue weighted by molar-refractivity contribution is 6.31. The van der Waals surface area contributed by atoms with Crippen LogP contribution in [0.5, 0.6) is 17.2 Å². The van der Waals surface area contributed by atoms with Crippen molar-refractivity contribution in [3.05, 3.63) is 88.6 Å². The molecule has 3 aromatic rings. The number of anilines is 1. The van der Waals surface area contributed by atoms with E-state index < -0.39 is 5.60 Å². The first-order valence-electron chi connectivity index (χ1n) is 21.9. The second-order valence-electron chi connectivity index (χ2n) is 20.2. The highest BCUT2D eigenvalue weighted by atomic mass is 35.5. The molecule has 1 aliphatic carbocycles. The molecule has 14 heteroatoms. The summed E-state index contributed by atoms with van der Waals surface area (Å²) >= 11 is 6.27. The Morgan fingerprint density at radius 1 is 0.952 bits per heavy atom. The van der Waals surface area contributed by atoms with Crippen LogP contribution in [0.3, 0.4) is 0 Å². The summed E-state index contributed by atoms with van der Waals surface area (Å²) in [4.78, 5) is 33.0. The maximum Gasteiger partial charge on any atom is 0.244 e. The van der Waals surface area contributed by atoms with Crippen LogP contribution < -0.4 is 35.6 Å². The third kappa shape index (κ3) is 7.52. The Morgan fingerprint density at radius 3 is 2.27 bits per heavy atom. The van der Waals surface area contributed by atoms with E-state index in [1.165, 1.54) is 0 Å². The fraction of sp³-hybridized carbons (Fsp3) is 0.521. The van der Waals surface area contributed by atoms with E-state index in [-0.39, 0.29) is 64.4 Å². The number of hydrogen-bond acceptors (Lipinski definition) is 11. The van der Waals surface area contributed by atoms with Crippen molar-refractivity contribution >= 4 is 34.7 Å². The SMILES string of the molecule is CN1C=C(c2cc(C(C)(C)O)ccc2Oc2ccc(N3CC4(C3)CN(C3NCC(C(=O)NC5C(C)(C)C(Oc6ccc(C#N)c(Cl)c6)C5(C)C)CN3)C4)cc2)C2CCNC2C1=O. The number of aliphatic hydroxyl groups is 1. The van der Waals surface area contributed by atoms with Gasteiger partial charge < -0.3 is 35.0 Å². The van der Waals surface area contributed by atoms with E-state index in [9.17, 15) is 20.0 Å². The largest absolute Gasteiger partial charge is 0.489 e. The molecule has 1 saturated carbocycles. The number of halogens is 1. The summed E-state index contributed by atoms with van der Waals surface area (Å²) in [6, 6.07) is 21.0. The molecule has 5 aliphatic heterocycles. The smallest absolute Gasteiger partial charge is 0.244 e. The summed E-state index contributed by atoms with van der Waals surface area (Å²) in [6.45, 7) is 18.0. The van der Waals surface area contributed by atoms with Crippen molar-refractivity contribution in [2.45, 2.75) is 78.0 Å². The van der Waals surface area contributed by atoms with Crippen LogP contribution in [0.4, 0.5) is 5.69 Å². The van der Waals surface area contributed by atoms with Crippen LogP contribution >= 0.6 is 11.6 Å². The van der Waals surface area contributed by atoms with Gasteiger partial charge in [-0.2, -0.15) is 5.26 Å². The Balaban J connectivity index is 0.753. The van der Waals surface area contributed by atoms with E-state index in [0.29, 0.717) is 35.2 Å². The molecule has 328 valence electrons. The molecular weight excluding hydrogens is 804 g/mol. The number of rotatable bonds is 10. The number of hydrogen-bond donors (Lipinski definition) is 5. The van der Waals surface area contributed by atoms with Gasteiger partial charge in [-0.3, -0.25) is 25.1 Å². The number of carbonyl (C=O) groups excluding carboxylic acids is 2. The van der Waals surface area contributed by atoms with Crippen molar-refractivity contribution in [3.8, 4) is 23.3 Å². The summed E-state index contributed by atoms with van der Waals surface area (Å²) in [5.41, 5.74) is 2.86. The zero-order valence-corrected chi connectivity index (χ0v) is 37.5. The summed E-state index contributed by atoms with van der Waals surface area (Å²) < 4.78 is 13.0. The fourth-order valence-corrected chi connectivity index (χ4v) is 11.5. The van der Waals surface area contributed by atoms with Crippen LogP contribution in [0.25, 0.3) is 5.57 Å². The van der Waals surface area contributed by atoms with Crippen LogP contribution in [-0.4, -0.2) is 104 Å². The molecule has 2 amide bonds. The van der Waals surface area contributed by atoms with Crippen molar-refractivity contribution in [1.82, 2.24) is 31.1 Å². The number of fused-ring (bicyclic) bond motifs is 1. The Bertz CT molecular complexity index is 2300. The molecule has 0 bridgehead atoms. The summed E-state index contributed by atoms with van der Waals surface area (Å²) in [6.07, 6.45) is 2.66. The zero-order valence-electron chi connectivity index (χ0n) is 36.7. The molecular formula is C48H59ClN8O5. The van der Waals surface area contributed by atoms with Crippen LogP contribution in [-0.2, 0) is 15.2 Å². The molecule has 3 aromatic carbocycles. The number of ether oxygens (including phenoxy) is 2. The van der Waals surface area contributed by atoms with Crippen LogP contribution in [0, 0.1) is 39.4 Å². The van der Waals surface area contributed by atoms with Gasteiger partial charge in [-0.1, -0.05) is 45.4 Å². The van der Waals surface area contributed by atoms with Gasteiger partial charge >= 0.3 is 0 Å². The molecule has 4 saturated heterocycles. The average Bonchev–Trinajstić information content (AvgIpc) is 3.70. The monoisotopic (exact) mass is 862 g/mol. The van der Waals surface area contributed by atoms with Gasteiger partial charge in [-0.05, 0) is 86.5 Å². The standard InChI is InChI=1S/C48H59ClN8O5/c1-45(2)42(46(3,4)43(45)62-33-12-8-28(20-50)37(49)19-33)54-40(58)29-21-52-44(53-22-29)57-26-48(27-57)24-56(25-48)31-10-13-32(14-11-31)61-38-15-9-30(47(5,6)60)18-35(38)36-23-55(7)41(59)39-34(36)16-17-51-39/h8-15,18-19,23,29,34,39,42-44,51-53,60H,16-17,21-22,24-27H2,1-7H3,(H,54,58). The number of nitrogens with zero attached hydrogens (tertiary/aromatic N) is 4. The molecule has 5 heterocycles. The van der Waals surface area contributed by atoms with Gasteiger partial charge in [0.05, 0.1) is 28.1 Å². The molecule has 13 nitrogen and oxygen atoms in total. The molecule has 5 fully saturated rings. The predicted molar refractivity (Wildman–Crippen MR) is 238 cm³/mol. The highest BCUT2D eigenvalue weighted by Gasteiger charge is 2.64. The molecule has 0 aromatic heterocycles.